The Hall–Kier alpha value is -0.690. The number of thiocarbonyl (C=S) groups is 1. The molecule has 0 aliphatic heterocycles. The number of rotatable bonds is 1. The molecule has 0 fully saturated rings. The molecule has 0 unspecified atom stereocenters. The Morgan fingerprint density at radius 3 is 2.15 bits per heavy atom. The molecular formula is C8H7N3NaS. The summed E-state index contributed by atoms with van der Waals surface area (Å²) in [4.78, 5) is 3.77. The fourth-order valence-corrected chi connectivity index (χ4v) is 0.661. The average Bonchev–Trinajstić information content (AvgIpc) is 2.08. The Bertz CT molecular complexity index is 301. The third-order valence-electron chi connectivity index (χ3n) is 0.931. The summed E-state index contributed by atoms with van der Waals surface area (Å²) in [5.41, 5.74) is 5.01. The number of isothiocyanates is 1. The fourth-order valence-electron chi connectivity index (χ4n) is 0.555. The van der Waals surface area contributed by atoms with Gasteiger partial charge < -0.3 is 5.73 Å². The van der Waals surface area contributed by atoms with E-state index in [4.69, 9.17) is 5.26 Å². The van der Waals surface area contributed by atoms with Gasteiger partial charge in [0.15, 0.2) is 6.19 Å². The summed E-state index contributed by atoms with van der Waals surface area (Å²) in [5.74, 6) is 0. The normalized spacial score (nSPS) is 6.08. The molecule has 1 aromatic carbocycles. The second-order valence-corrected chi connectivity index (χ2v) is 1.85. The van der Waals surface area contributed by atoms with Gasteiger partial charge in [-0.1, -0.05) is 18.2 Å². The molecule has 5 heteroatoms. The van der Waals surface area contributed by atoms with Crippen molar-refractivity contribution in [1.82, 2.24) is 0 Å². The fraction of sp³-hybridized carbons (Fsp3) is 0. The second kappa shape index (κ2) is 11.3. The molecule has 0 aliphatic rings. The summed E-state index contributed by atoms with van der Waals surface area (Å²) in [6.45, 7) is 0. The third-order valence-corrected chi connectivity index (χ3v) is 1.02. The maximum absolute atomic E-state index is 7.10. The van der Waals surface area contributed by atoms with Gasteiger partial charge in [0.25, 0.3) is 0 Å². The molecule has 1 radical (unpaired) electrons. The zero-order chi connectivity index (χ0) is 9.23. The topological polar surface area (TPSA) is 62.2 Å². The zero-order valence-corrected chi connectivity index (χ0v) is 10.1. The maximum atomic E-state index is 7.10. The minimum absolute atomic E-state index is 0. The number of hydrogen-bond donors (Lipinski definition) is 1. The van der Waals surface area contributed by atoms with Crippen LogP contribution in [0, 0.1) is 11.5 Å². The van der Waals surface area contributed by atoms with Crippen LogP contribution < -0.4 is 5.73 Å². The molecule has 0 aliphatic carbocycles. The molecule has 0 aromatic heterocycles. The van der Waals surface area contributed by atoms with Crippen molar-refractivity contribution in [3.63, 3.8) is 0 Å². The molecule has 0 spiro atoms. The number of hydrogen-bond acceptors (Lipinski definition) is 4. The number of aliphatic imine (C=N–C) groups is 1. The molecular weight excluding hydrogens is 193 g/mol. The SMILES string of the molecule is N#CN.S=C=Nc1ccccc1.[Na]. The van der Waals surface area contributed by atoms with Crippen LogP contribution in [0.15, 0.2) is 35.3 Å². The van der Waals surface area contributed by atoms with Gasteiger partial charge in [0.2, 0.25) is 0 Å². The van der Waals surface area contributed by atoms with Crippen molar-refractivity contribution in [2.45, 2.75) is 0 Å². The van der Waals surface area contributed by atoms with Crippen molar-refractivity contribution < 1.29 is 0 Å². The molecule has 2 N–H and O–H groups in total. The number of nitrogens with zero attached hydrogens (tertiary/aromatic N) is 2. The van der Waals surface area contributed by atoms with Crippen LogP contribution in [0.25, 0.3) is 0 Å². The van der Waals surface area contributed by atoms with E-state index in [1.165, 1.54) is 6.19 Å². The largest absolute Gasteiger partial charge is 0.337 e. The van der Waals surface area contributed by atoms with Crippen LogP contribution in [-0.4, -0.2) is 34.7 Å². The molecule has 0 bridgehead atoms. The predicted molar refractivity (Wildman–Crippen MR) is 56.7 cm³/mol. The van der Waals surface area contributed by atoms with E-state index >= 15 is 0 Å². The molecule has 13 heavy (non-hydrogen) atoms. The first-order valence-corrected chi connectivity index (χ1v) is 3.48. The molecule has 3 nitrogen and oxygen atoms in total. The number of para-hydroxylation sites is 1. The van der Waals surface area contributed by atoms with Gasteiger partial charge >= 0.3 is 0 Å². The number of nitriles is 1. The Morgan fingerprint density at radius 1 is 1.31 bits per heavy atom. The first kappa shape index (κ1) is 14.8. The third kappa shape index (κ3) is 9.22. The van der Waals surface area contributed by atoms with E-state index in [9.17, 15) is 0 Å². The summed E-state index contributed by atoms with van der Waals surface area (Å²) in [7, 11) is 0. The van der Waals surface area contributed by atoms with E-state index in [0.717, 1.165) is 5.69 Å². The molecule has 0 atom stereocenters. The average molecular weight is 200 g/mol. The first-order chi connectivity index (χ1) is 5.85. The van der Waals surface area contributed by atoms with Crippen molar-refractivity contribution in [2.24, 2.45) is 10.7 Å². The van der Waals surface area contributed by atoms with Crippen molar-refractivity contribution in [1.29, 1.82) is 5.26 Å². The first-order valence-electron chi connectivity index (χ1n) is 3.07. The maximum Gasteiger partial charge on any atom is 0.173 e. The minimum atomic E-state index is 0. The van der Waals surface area contributed by atoms with E-state index in [2.05, 4.69) is 28.1 Å². The van der Waals surface area contributed by atoms with Crippen LogP contribution in [0.1, 0.15) is 0 Å². The number of benzene rings is 1. The van der Waals surface area contributed by atoms with Crippen LogP contribution >= 0.6 is 12.2 Å². The van der Waals surface area contributed by atoms with Crippen LogP contribution in [0.4, 0.5) is 5.69 Å². The second-order valence-electron chi connectivity index (χ2n) is 1.67. The molecule has 0 heterocycles. The number of nitrogens with two attached hydrogens (primary N) is 1. The smallest absolute Gasteiger partial charge is 0.173 e. The summed E-state index contributed by atoms with van der Waals surface area (Å²) in [6, 6.07) is 9.50. The zero-order valence-electron chi connectivity index (χ0n) is 7.27. The molecule has 0 saturated carbocycles. The molecule has 0 saturated heterocycles. The van der Waals surface area contributed by atoms with E-state index in [0.29, 0.717) is 0 Å². The van der Waals surface area contributed by atoms with Gasteiger partial charge in [-0.25, -0.2) is 0 Å². The molecule has 1 rings (SSSR count). The Morgan fingerprint density at radius 2 is 1.77 bits per heavy atom. The Kier molecular flexibility index (Phi) is 12.9. The minimum Gasteiger partial charge on any atom is -0.337 e. The van der Waals surface area contributed by atoms with E-state index < -0.39 is 0 Å². The van der Waals surface area contributed by atoms with Gasteiger partial charge in [-0.15, -0.1) is 0 Å². The van der Waals surface area contributed by atoms with Gasteiger partial charge in [-0.05, 0) is 24.4 Å². The molecule has 1 aromatic rings. The van der Waals surface area contributed by atoms with Gasteiger partial charge in [0.05, 0.1) is 10.8 Å². The van der Waals surface area contributed by atoms with Crippen molar-refractivity contribution in [3.8, 4) is 6.19 Å². The van der Waals surface area contributed by atoms with Crippen molar-refractivity contribution in [2.75, 3.05) is 0 Å². The van der Waals surface area contributed by atoms with E-state index in [1.807, 2.05) is 30.3 Å². The quantitative estimate of drug-likeness (QED) is 0.245. The van der Waals surface area contributed by atoms with Gasteiger partial charge in [0, 0.05) is 29.6 Å². The van der Waals surface area contributed by atoms with E-state index in [1.54, 1.807) is 0 Å². The van der Waals surface area contributed by atoms with Crippen LogP contribution in [-0.2, 0) is 0 Å². The van der Waals surface area contributed by atoms with Gasteiger partial charge in [-0.2, -0.15) is 10.3 Å². The predicted octanol–water partition coefficient (Wildman–Crippen LogP) is 1.47. The summed E-state index contributed by atoms with van der Waals surface area (Å²) in [6.07, 6.45) is 1.25. The van der Waals surface area contributed by atoms with Crippen molar-refractivity contribution in [3.05, 3.63) is 30.3 Å². The Balaban J connectivity index is 0. The monoisotopic (exact) mass is 200 g/mol. The summed E-state index contributed by atoms with van der Waals surface area (Å²) >= 11 is 4.42. The summed E-state index contributed by atoms with van der Waals surface area (Å²) in [5, 5.41) is 9.39. The van der Waals surface area contributed by atoms with Crippen molar-refractivity contribution >= 4 is 52.6 Å². The van der Waals surface area contributed by atoms with Crippen LogP contribution in [0.2, 0.25) is 0 Å². The molecule has 61 valence electrons. The summed E-state index contributed by atoms with van der Waals surface area (Å²) < 4.78 is 0. The van der Waals surface area contributed by atoms with Crippen LogP contribution in [0.5, 0.6) is 0 Å². The molecule has 0 amide bonds. The Labute approximate surface area is 105 Å². The van der Waals surface area contributed by atoms with Gasteiger partial charge in [0.1, 0.15) is 0 Å². The van der Waals surface area contributed by atoms with Gasteiger partial charge in [-0.3, -0.25) is 0 Å². The standard InChI is InChI=1S/C7H5NS.CH2N2.Na/c9-6-8-7-4-2-1-3-5-7;2-1-3;/h1-5H;2H2;. The van der Waals surface area contributed by atoms with Crippen LogP contribution in [0.3, 0.4) is 0 Å². The van der Waals surface area contributed by atoms with E-state index in [-0.39, 0.29) is 29.6 Å².